The van der Waals surface area contributed by atoms with Crippen LogP contribution in [0.4, 0.5) is 5.69 Å². The first-order valence-electron chi connectivity index (χ1n) is 5.78. The van der Waals surface area contributed by atoms with Gasteiger partial charge in [-0.3, -0.25) is 0 Å². The maximum Gasteiger partial charge on any atom is 0.170 e. The Morgan fingerprint density at radius 2 is 1.56 bits per heavy atom. The number of para-hydroxylation sites is 1. The van der Waals surface area contributed by atoms with Crippen LogP contribution in [0, 0.1) is 6.92 Å². The van der Waals surface area contributed by atoms with Gasteiger partial charge in [0.15, 0.2) is 5.11 Å². The molecule has 0 amide bonds. The van der Waals surface area contributed by atoms with Crippen molar-refractivity contribution in [2.24, 2.45) is 0 Å². The van der Waals surface area contributed by atoms with E-state index in [9.17, 15) is 0 Å². The molecule has 0 aliphatic rings. The van der Waals surface area contributed by atoms with Gasteiger partial charge in [0, 0.05) is 12.7 Å². The highest BCUT2D eigenvalue weighted by molar-refractivity contribution is 7.80. The molecule has 3 heteroatoms. The summed E-state index contributed by atoms with van der Waals surface area (Å²) in [6, 6.07) is 8.02. The topological polar surface area (TPSA) is 24.1 Å². The first-order valence-corrected chi connectivity index (χ1v) is 6.19. The molecule has 16 heavy (non-hydrogen) atoms. The summed E-state index contributed by atoms with van der Waals surface area (Å²) in [5.41, 5.74) is 2.24. The van der Waals surface area contributed by atoms with Crippen LogP contribution in [-0.2, 0) is 0 Å². The highest BCUT2D eigenvalue weighted by Crippen LogP contribution is 2.12. The summed E-state index contributed by atoms with van der Waals surface area (Å²) < 4.78 is 0. The molecule has 0 aliphatic carbocycles. The van der Waals surface area contributed by atoms with Crippen molar-refractivity contribution in [2.45, 2.75) is 34.6 Å². The first kappa shape index (κ1) is 17.3. The average Bonchev–Trinajstić information content (AvgIpc) is 2.37. The van der Waals surface area contributed by atoms with Crippen LogP contribution in [0.1, 0.15) is 33.3 Å². The molecule has 2 nitrogen and oxygen atoms in total. The van der Waals surface area contributed by atoms with Crippen molar-refractivity contribution >= 4 is 23.0 Å². The van der Waals surface area contributed by atoms with Gasteiger partial charge in [-0.15, -0.1) is 0 Å². The van der Waals surface area contributed by atoms with Crippen molar-refractivity contribution in [3.8, 4) is 0 Å². The molecule has 1 aromatic rings. The summed E-state index contributed by atoms with van der Waals surface area (Å²) >= 11 is 4.97. The van der Waals surface area contributed by atoms with Gasteiger partial charge in [-0.25, -0.2) is 0 Å². The lowest BCUT2D eigenvalue weighted by Crippen LogP contribution is -2.24. The predicted molar refractivity (Wildman–Crippen MR) is 79.2 cm³/mol. The maximum absolute atomic E-state index is 4.97. The molecule has 0 saturated carbocycles. The summed E-state index contributed by atoms with van der Waals surface area (Å²) in [7, 11) is 1.80. The van der Waals surface area contributed by atoms with Crippen molar-refractivity contribution in [3.63, 3.8) is 0 Å². The lowest BCUT2D eigenvalue weighted by molar-refractivity contribution is 1.19. The van der Waals surface area contributed by atoms with E-state index in [0.29, 0.717) is 5.11 Å². The quantitative estimate of drug-likeness (QED) is 0.727. The van der Waals surface area contributed by atoms with Crippen LogP contribution < -0.4 is 10.6 Å². The molecule has 0 unspecified atom stereocenters. The van der Waals surface area contributed by atoms with Crippen LogP contribution in [0.2, 0.25) is 0 Å². The molecule has 0 bridgehead atoms. The van der Waals surface area contributed by atoms with E-state index < -0.39 is 0 Å². The second-order valence-corrected chi connectivity index (χ2v) is 2.93. The third kappa shape index (κ3) is 7.23. The molecule has 1 aromatic carbocycles. The molecule has 0 heterocycles. The largest absolute Gasteiger partial charge is 0.366 e. The van der Waals surface area contributed by atoms with E-state index >= 15 is 0 Å². The molecule has 92 valence electrons. The maximum atomic E-state index is 4.97. The second kappa shape index (κ2) is 12.0. The number of hydrogen-bond acceptors (Lipinski definition) is 1. The normalized spacial score (nSPS) is 7.62. The van der Waals surface area contributed by atoms with Crippen LogP contribution >= 0.6 is 12.2 Å². The van der Waals surface area contributed by atoms with E-state index in [0.717, 1.165) is 5.69 Å². The molecule has 0 saturated heterocycles. The van der Waals surface area contributed by atoms with Gasteiger partial charge in [-0.1, -0.05) is 45.9 Å². The van der Waals surface area contributed by atoms with Gasteiger partial charge in [0.1, 0.15) is 0 Å². The Labute approximate surface area is 105 Å². The van der Waals surface area contributed by atoms with Crippen LogP contribution in [0.15, 0.2) is 24.3 Å². The molecule has 2 N–H and O–H groups in total. The molecule has 0 radical (unpaired) electrons. The van der Waals surface area contributed by atoms with E-state index in [1.54, 1.807) is 7.05 Å². The average molecular weight is 240 g/mol. The van der Waals surface area contributed by atoms with Gasteiger partial charge in [0.2, 0.25) is 0 Å². The molecular formula is C13H24N2S. The Balaban J connectivity index is 0. The number of aryl methyl sites for hydroxylation is 1. The second-order valence-electron chi connectivity index (χ2n) is 2.52. The minimum atomic E-state index is 0.643. The van der Waals surface area contributed by atoms with Crippen LogP contribution in [0.3, 0.4) is 0 Å². The Bertz CT molecular complexity index is 285. The zero-order valence-electron chi connectivity index (χ0n) is 11.2. The molecule has 0 fully saturated rings. The summed E-state index contributed by atoms with van der Waals surface area (Å²) in [6.45, 7) is 10.0. The summed E-state index contributed by atoms with van der Waals surface area (Å²) in [5, 5.41) is 6.58. The Morgan fingerprint density at radius 3 is 2.00 bits per heavy atom. The minimum absolute atomic E-state index is 0.643. The number of anilines is 1. The van der Waals surface area contributed by atoms with E-state index in [4.69, 9.17) is 12.2 Å². The summed E-state index contributed by atoms with van der Waals surface area (Å²) in [5.74, 6) is 0. The standard InChI is InChI=1S/C9H12N2S.2C2H6/c1-7-5-3-4-6-8(7)11-9(12)10-2;2*1-2/h3-6H,1-2H3,(H2,10,11,12);2*1-2H3. The number of nitrogens with one attached hydrogen (secondary N) is 2. The molecular weight excluding hydrogens is 216 g/mol. The monoisotopic (exact) mass is 240 g/mol. The van der Waals surface area contributed by atoms with Crippen molar-refractivity contribution in [3.05, 3.63) is 29.8 Å². The van der Waals surface area contributed by atoms with E-state index in [1.807, 2.05) is 58.9 Å². The van der Waals surface area contributed by atoms with Gasteiger partial charge < -0.3 is 10.6 Å². The Kier molecular flexibility index (Phi) is 13.0. The summed E-state index contributed by atoms with van der Waals surface area (Å²) in [4.78, 5) is 0. The SMILES string of the molecule is CC.CC.CNC(=S)Nc1ccccc1C. The fraction of sp³-hybridized carbons (Fsp3) is 0.462. The molecule has 0 spiro atoms. The van der Waals surface area contributed by atoms with Crippen LogP contribution in [0.5, 0.6) is 0 Å². The number of thiocarbonyl (C=S) groups is 1. The first-order chi connectivity index (χ1) is 7.74. The van der Waals surface area contributed by atoms with Crippen molar-refractivity contribution < 1.29 is 0 Å². The molecule has 1 rings (SSSR count). The molecule has 0 aliphatic heterocycles. The van der Waals surface area contributed by atoms with Gasteiger partial charge >= 0.3 is 0 Å². The number of hydrogen-bond donors (Lipinski definition) is 2. The molecule has 0 atom stereocenters. The highest BCUT2D eigenvalue weighted by Gasteiger charge is 1.96. The number of benzene rings is 1. The lowest BCUT2D eigenvalue weighted by atomic mass is 10.2. The third-order valence-electron chi connectivity index (χ3n) is 1.62. The van der Waals surface area contributed by atoms with E-state index in [1.165, 1.54) is 5.56 Å². The Morgan fingerprint density at radius 1 is 1.06 bits per heavy atom. The van der Waals surface area contributed by atoms with E-state index in [2.05, 4.69) is 10.6 Å². The third-order valence-corrected chi connectivity index (χ3v) is 1.93. The minimum Gasteiger partial charge on any atom is -0.366 e. The Hall–Kier alpha value is -1.09. The smallest absolute Gasteiger partial charge is 0.170 e. The number of rotatable bonds is 1. The van der Waals surface area contributed by atoms with Gasteiger partial charge in [-0.05, 0) is 30.8 Å². The fourth-order valence-corrected chi connectivity index (χ4v) is 1.01. The molecule has 0 aromatic heterocycles. The van der Waals surface area contributed by atoms with Crippen LogP contribution in [0.25, 0.3) is 0 Å². The fourth-order valence-electron chi connectivity index (χ4n) is 0.898. The summed E-state index contributed by atoms with van der Waals surface area (Å²) in [6.07, 6.45) is 0. The highest BCUT2D eigenvalue weighted by atomic mass is 32.1. The van der Waals surface area contributed by atoms with Gasteiger partial charge in [0.25, 0.3) is 0 Å². The predicted octanol–water partition coefficient (Wildman–Crippen LogP) is 3.96. The zero-order valence-corrected chi connectivity index (χ0v) is 12.0. The zero-order chi connectivity index (χ0) is 13.0. The van der Waals surface area contributed by atoms with Crippen molar-refractivity contribution in [1.82, 2.24) is 5.32 Å². The van der Waals surface area contributed by atoms with Crippen molar-refractivity contribution in [1.29, 1.82) is 0 Å². The lowest BCUT2D eigenvalue weighted by Gasteiger charge is -2.08. The van der Waals surface area contributed by atoms with Gasteiger partial charge in [-0.2, -0.15) is 0 Å². The van der Waals surface area contributed by atoms with Crippen molar-refractivity contribution in [2.75, 3.05) is 12.4 Å². The van der Waals surface area contributed by atoms with Gasteiger partial charge in [0.05, 0.1) is 0 Å². The van der Waals surface area contributed by atoms with Crippen LogP contribution in [-0.4, -0.2) is 12.2 Å². The van der Waals surface area contributed by atoms with E-state index in [-0.39, 0.29) is 0 Å².